The van der Waals surface area contributed by atoms with Gasteiger partial charge in [-0.05, 0) is 25.5 Å². The van der Waals surface area contributed by atoms with Gasteiger partial charge in [0.2, 0.25) is 5.91 Å². The van der Waals surface area contributed by atoms with Crippen molar-refractivity contribution in [2.24, 2.45) is 0 Å². The second kappa shape index (κ2) is 7.98. The molecule has 4 rings (SSSR count). The number of carbonyl (C=O) groups excluding carboxylic acids is 1. The molecule has 2 aromatic carbocycles. The largest absolute Gasteiger partial charge is 0.353 e. The fraction of sp³-hybridized carbons (Fsp3) is 0.238. The van der Waals surface area contributed by atoms with Gasteiger partial charge in [-0.15, -0.1) is 10.2 Å². The molecule has 0 bridgehead atoms. The summed E-state index contributed by atoms with van der Waals surface area (Å²) in [6.07, 6.45) is 0.901. The lowest BCUT2D eigenvalue weighted by molar-refractivity contribution is -0.119. The van der Waals surface area contributed by atoms with E-state index in [2.05, 4.69) is 15.5 Å². The molecule has 0 spiro atoms. The number of hydrogen-bond acceptors (Lipinski definition) is 5. The van der Waals surface area contributed by atoms with E-state index in [4.69, 9.17) is 4.98 Å². The van der Waals surface area contributed by atoms with Crippen LogP contribution in [0.25, 0.3) is 27.9 Å². The van der Waals surface area contributed by atoms with Crippen LogP contribution in [0.2, 0.25) is 0 Å². The van der Waals surface area contributed by atoms with Gasteiger partial charge in [0.15, 0.2) is 10.8 Å². The standard InChI is InChI=1S/C21H21N5OS/c1-3-14(2)22-18(27)13-28-21-25-24-20-16-11-7-8-12-17(16)23-19(26(20)21)15-9-5-4-6-10-15/h4-12,14H,3,13H2,1-2H3,(H,22,27). The number of nitrogens with zero attached hydrogens (tertiary/aromatic N) is 4. The highest BCUT2D eigenvalue weighted by molar-refractivity contribution is 7.99. The Labute approximate surface area is 167 Å². The van der Waals surface area contributed by atoms with E-state index in [0.29, 0.717) is 5.16 Å². The molecule has 0 saturated heterocycles. The highest BCUT2D eigenvalue weighted by Crippen LogP contribution is 2.28. The molecule has 1 N–H and O–H groups in total. The van der Waals surface area contributed by atoms with Gasteiger partial charge >= 0.3 is 0 Å². The third kappa shape index (κ3) is 3.57. The first-order chi connectivity index (χ1) is 13.7. The molecule has 2 aromatic heterocycles. The number of nitrogens with one attached hydrogen (secondary N) is 1. The smallest absolute Gasteiger partial charge is 0.230 e. The Hall–Kier alpha value is -2.93. The minimum absolute atomic E-state index is 0.00823. The highest BCUT2D eigenvalue weighted by atomic mass is 32.2. The van der Waals surface area contributed by atoms with Gasteiger partial charge in [-0.25, -0.2) is 4.98 Å². The Bertz CT molecular complexity index is 1130. The molecule has 4 aromatic rings. The number of fused-ring (bicyclic) bond motifs is 3. The Morgan fingerprint density at radius 3 is 2.64 bits per heavy atom. The number of aromatic nitrogens is 4. The van der Waals surface area contributed by atoms with E-state index in [0.717, 1.165) is 34.4 Å². The molecule has 0 aliphatic carbocycles. The van der Waals surface area contributed by atoms with Crippen molar-refractivity contribution >= 4 is 34.2 Å². The van der Waals surface area contributed by atoms with Gasteiger partial charge in [0.05, 0.1) is 11.3 Å². The number of amides is 1. The van der Waals surface area contributed by atoms with Crippen molar-refractivity contribution in [1.82, 2.24) is 24.9 Å². The number of benzene rings is 2. The summed E-state index contributed by atoms with van der Waals surface area (Å²) in [4.78, 5) is 17.1. The van der Waals surface area contributed by atoms with Crippen LogP contribution in [0.1, 0.15) is 20.3 Å². The molecule has 6 nitrogen and oxygen atoms in total. The molecule has 28 heavy (non-hydrogen) atoms. The van der Waals surface area contributed by atoms with Crippen LogP contribution >= 0.6 is 11.8 Å². The summed E-state index contributed by atoms with van der Waals surface area (Å²) in [6.45, 7) is 4.05. The SMILES string of the molecule is CCC(C)NC(=O)CSc1nnc2c3ccccc3nc(-c3ccccc3)n12. The molecule has 1 atom stereocenters. The zero-order valence-electron chi connectivity index (χ0n) is 15.8. The predicted molar refractivity (Wildman–Crippen MR) is 112 cm³/mol. The van der Waals surface area contributed by atoms with E-state index in [1.807, 2.05) is 72.8 Å². The maximum absolute atomic E-state index is 12.2. The second-order valence-electron chi connectivity index (χ2n) is 6.63. The summed E-state index contributed by atoms with van der Waals surface area (Å²) in [5.41, 5.74) is 2.59. The highest BCUT2D eigenvalue weighted by Gasteiger charge is 2.17. The first kappa shape index (κ1) is 18.4. The van der Waals surface area contributed by atoms with E-state index in [9.17, 15) is 4.79 Å². The zero-order valence-corrected chi connectivity index (χ0v) is 16.6. The Kier molecular flexibility index (Phi) is 5.25. The summed E-state index contributed by atoms with van der Waals surface area (Å²) in [6, 6.07) is 18.0. The lowest BCUT2D eigenvalue weighted by Crippen LogP contribution is -2.33. The van der Waals surface area contributed by atoms with E-state index < -0.39 is 0 Å². The third-order valence-corrected chi connectivity index (χ3v) is 5.53. The number of carbonyl (C=O) groups is 1. The monoisotopic (exact) mass is 391 g/mol. The van der Waals surface area contributed by atoms with Crippen LogP contribution < -0.4 is 5.32 Å². The van der Waals surface area contributed by atoms with Gasteiger partial charge in [0.1, 0.15) is 5.82 Å². The Balaban J connectivity index is 1.78. The van der Waals surface area contributed by atoms with E-state index >= 15 is 0 Å². The summed E-state index contributed by atoms with van der Waals surface area (Å²) < 4.78 is 1.94. The van der Waals surface area contributed by atoms with Crippen LogP contribution in [0, 0.1) is 0 Å². The van der Waals surface area contributed by atoms with Gasteiger partial charge in [-0.3, -0.25) is 9.20 Å². The summed E-state index contributed by atoms with van der Waals surface area (Å²) in [7, 11) is 0. The fourth-order valence-corrected chi connectivity index (χ4v) is 3.73. The molecular weight excluding hydrogens is 370 g/mol. The van der Waals surface area contributed by atoms with Crippen molar-refractivity contribution in [2.75, 3.05) is 5.75 Å². The normalized spacial score (nSPS) is 12.4. The minimum Gasteiger partial charge on any atom is -0.353 e. The van der Waals surface area contributed by atoms with Crippen LogP contribution in [0.3, 0.4) is 0 Å². The number of para-hydroxylation sites is 1. The summed E-state index contributed by atoms with van der Waals surface area (Å²) in [5, 5.41) is 13.3. The number of rotatable bonds is 6. The molecule has 7 heteroatoms. The van der Waals surface area contributed by atoms with E-state index in [1.165, 1.54) is 11.8 Å². The molecule has 0 aliphatic rings. The van der Waals surface area contributed by atoms with Crippen molar-refractivity contribution in [3.05, 3.63) is 54.6 Å². The zero-order chi connectivity index (χ0) is 19.5. The molecule has 0 saturated carbocycles. The second-order valence-corrected chi connectivity index (χ2v) is 7.57. The first-order valence-corrected chi connectivity index (χ1v) is 10.3. The quantitative estimate of drug-likeness (QED) is 0.504. The Morgan fingerprint density at radius 1 is 1.11 bits per heavy atom. The van der Waals surface area contributed by atoms with Gasteiger partial charge in [-0.2, -0.15) is 0 Å². The van der Waals surface area contributed by atoms with Crippen LogP contribution in [-0.4, -0.2) is 37.3 Å². The van der Waals surface area contributed by atoms with Crippen LogP contribution in [0.4, 0.5) is 0 Å². The molecular formula is C21H21N5OS. The third-order valence-electron chi connectivity index (χ3n) is 4.60. The maximum Gasteiger partial charge on any atom is 0.230 e. The van der Waals surface area contributed by atoms with Crippen molar-refractivity contribution in [3.63, 3.8) is 0 Å². The minimum atomic E-state index is -0.00823. The van der Waals surface area contributed by atoms with Crippen molar-refractivity contribution in [2.45, 2.75) is 31.5 Å². The summed E-state index contributed by atoms with van der Waals surface area (Å²) >= 11 is 1.37. The molecule has 1 unspecified atom stereocenters. The number of hydrogen-bond donors (Lipinski definition) is 1. The van der Waals surface area contributed by atoms with Crippen molar-refractivity contribution in [1.29, 1.82) is 0 Å². The van der Waals surface area contributed by atoms with Crippen molar-refractivity contribution in [3.8, 4) is 11.4 Å². The average Bonchev–Trinajstić information content (AvgIpc) is 3.16. The lowest BCUT2D eigenvalue weighted by Gasteiger charge is -2.11. The Morgan fingerprint density at radius 2 is 1.86 bits per heavy atom. The van der Waals surface area contributed by atoms with Gasteiger partial charge in [0, 0.05) is 17.0 Å². The molecule has 0 radical (unpaired) electrons. The molecule has 0 fully saturated rings. The maximum atomic E-state index is 12.2. The number of thioether (sulfide) groups is 1. The molecule has 1 amide bonds. The fourth-order valence-electron chi connectivity index (χ4n) is 2.98. The molecule has 0 aliphatic heterocycles. The van der Waals surface area contributed by atoms with Crippen molar-refractivity contribution < 1.29 is 4.79 Å². The molecule has 142 valence electrons. The lowest BCUT2D eigenvalue weighted by atomic mass is 10.2. The van der Waals surface area contributed by atoms with E-state index in [1.54, 1.807) is 0 Å². The average molecular weight is 392 g/mol. The van der Waals surface area contributed by atoms with Crippen LogP contribution in [-0.2, 0) is 4.79 Å². The summed E-state index contributed by atoms with van der Waals surface area (Å²) in [5.74, 6) is 1.04. The molecule has 2 heterocycles. The van der Waals surface area contributed by atoms with E-state index in [-0.39, 0.29) is 17.7 Å². The van der Waals surface area contributed by atoms with Gasteiger partial charge < -0.3 is 5.32 Å². The predicted octanol–water partition coefficient (Wildman–Crippen LogP) is 3.95. The van der Waals surface area contributed by atoms with Gasteiger partial charge in [0.25, 0.3) is 0 Å². The van der Waals surface area contributed by atoms with Gasteiger partial charge in [-0.1, -0.05) is 61.2 Å². The van der Waals surface area contributed by atoms with Crippen LogP contribution in [0.5, 0.6) is 0 Å². The van der Waals surface area contributed by atoms with Crippen LogP contribution in [0.15, 0.2) is 59.8 Å². The first-order valence-electron chi connectivity index (χ1n) is 9.29. The topological polar surface area (TPSA) is 72.2 Å².